The summed E-state index contributed by atoms with van der Waals surface area (Å²) in [6, 6.07) is -0.409. The van der Waals surface area contributed by atoms with Crippen molar-refractivity contribution in [2.24, 2.45) is 17.8 Å². The Bertz CT molecular complexity index is 510. The van der Waals surface area contributed by atoms with Crippen molar-refractivity contribution < 1.29 is 14.4 Å². The number of piperidine rings is 1. The van der Waals surface area contributed by atoms with Crippen molar-refractivity contribution in [3.63, 3.8) is 0 Å². The predicted molar refractivity (Wildman–Crippen MR) is 74.2 cm³/mol. The molecule has 0 aromatic rings. The number of carbonyl (C=O) groups is 3. The number of urea groups is 1. The van der Waals surface area contributed by atoms with Crippen molar-refractivity contribution in [1.29, 1.82) is 0 Å². The second-order valence-electron chi connectivity index (χ2n) is 7.10. The Morgan fingerprint density at radius 2 is 1.90 bits per heavy atom. The largest absolute Gasteiger partial charge is 0.342 e. The van der Waals surface area contributed by atoms with Gasteiger partial charge in [-0.25, -0.2) is 4.79 Å². The fourth-order valence-electron chi connectivity index (χ4n) is 4.77. The number of nitrogens with one attached hydrogen (secondary N) is 2. The standard InChI is InChI=1S/C15H21N3O3/c19-12(11-8-9-1-2-10(11)7-9)18-5-3-15(4-6-18)13(20)16-14(21)17-15/h9-11H,1-8H2,(H2,16,17,20,21)/t9-,10-,11+/m1/s1. The van der Waals surface area contributed by atoms with Crippen molar-refractivity contribution in [1.82, 2.24) is 15.5 Å². The maximum atomic E-state index is 12.7. The van der Waals surface area contributed by atoms with Crippen molar-refractivity contribution in [3.8, 4) is 0 Å². The summed E-state index contributed by atoms with van der Waals surface area (Å²) in [6.07, 6.45) is 5.84. The molecule has 21 heavy (non-hydrogen) atoms. The fourth-order valence-corrected chi connectivity index (χ4v) is 4.77. The third-order valence-electron chi connectivity index (χ3n) is 6.00. The molecule has 4 amide bonds. The Hall–Kier alpha value is -1.59. The highest BCUT2D eigenvalue weighted by atomic mass is 16.2. The summed E-state index contributed by atoms with van der Waals surface area (Å²) in [5.74, 6) is 1.61. The molecule has 4 fully saturated rings. The van der Waals surface area contributed by atoms with Gasteiger partial charge in [0.15, 0.2) is 0 Å². The summed E-state index contributed by atoms with van der Waals surface area (Å²) in [5, 5.41) is 5.04. The second kappa shape index (κ2) is 4.45. The average Bonchev–Trinajstić information content (AvgIpc) is 3.15. The van der Waals surface area contributed by atoms with E-state index in [-0.39, 0.29) is 17.7 Å². The summed E-state index contributed by atoms with van der Waals surface area (Å²) in [7, 11) is 0. The zero-order valence-corrected chi connectivity index (χ0v) is 12.1. The van der Waals surface area contributed by atoms with Crippen LogP contribution in [0, 0.1) is 17.8 Å². The zero-order chi connectivity index (χ0) is 14.6. The van der Waals surface area contributed by atoms with E-state index in [1.54, 1.807) is 0 Å². The Labute approximate surface area is 123 Å². The van der Waals surface area contributed by atoms with Crippen LogP contribution >= 0.6 is 0 Å². The van der Waals surface area contributed by atoms with Crippen LogP contribution in [0.1, 0.15) is 38.5 Å². The lowest BCUT2D eigenvalue weighted by Crippen LogP contribution is -2.56. The molecule has 0 radical (unpaired) electrons. The molecule has 2 aliphatic carbocycles. The highest BCUT2D eigenvalue weighted by Crippen LogP contribution is 2.49. The molecule has 114 valence electrons. The number of rotatable bonds is 1. The molecular weight excluding hydrogens is 270 g/mol. The molecule has 1 spiro atoms. The van der Waals surface area contributed by atoms with Gasteiger partial charge in [-0.3, -0.25) is 14.9 Å². The van der Waals surface area contributed by atoms with Crippen molar-refractivity contribution in [3.05, 3.63) is 0 Å². The van der Waals surface area contributed by atoms with E-state index in [4.69, 9.17) is 0 Å². The number of amides is 4. The minimum Gasteiger partial charge on any atom is -0.342 e. The molecule has 2 heterocycles. The van der Waals surface area contributed by atoms with E-state index in [0.717, 1.165) is 12.3 Å². The molecule has 4 aliphatic rings. The molecular formula is C15H21N3O3. The molecule has 4 rings (SSSR count). The van der Waals surface area contributed by atoms with Gasteiger partial charge < -0.3 is 10.2 Å². The number of imide groups is 1. The number of likely N-dealkylation sites (tertiary alicyclic amines) is 1. The number of hydrogen-bond donors (Lipinski definition) is 2. The maximum absolute atomic E-state index is 12.7. The molecule has 0 aromatic carbocycles. The van der Waals surface area contributed by atoms with Gasteiger partial charge in [-0.2, -0.15) is 0 Å². The van der Waals surface area contributed by atoms with Gasteiger partial charge in [0, 0.05) is 19.0 Å². The number of fused-ring (bicyclic) bond motifs is 2. The first-order chi connectivity index (χ1) is 10.1. The summed E-state index contributed by atoms with van der Waals surface area (Å²) in [5.41, 5.74) is -0.775. The molecule has 2 N–H and O–H groups in total. The van der Waals surface area contributed by atoms with Gasteiger partial charge in [-0.1, -0.05) is 6.42 Å². The fraction of sp³-hybridized carbons (Fsp3) is 0.800. The summed E-state index contributed by atoms with van der Waals surface area (Å²) < 4.78 is 0. The van der Waals surface area contributed by atoms with Crippen LogP contribution < -0.4 is 10.6 Å². The summed E-state index contributed by atoms with van der Waals surface area (Å²) in [4.78, 5) is 37.8. The molecule has 6 heteroatoms. The van der Waals surface area contributed by atoms with Gasteiger partial charge >= 0.3 is 6.03 Å². The van der Waals surface area contributed by atoms with Gasteiger partial charge in [0.2, 0.25) is 5.91 Å². The Morgan fingerprint density at radius 3 is 2.43 bits per heavy atom. The normalized spacial score (nSPS) is 37.0. The average molecular weight is 291 g/mol. The predicted octanol–water partition coefficient (Wildman–Crippen LogP) is 0.623. The van der Waals surface area contributed by atoms with E-state index >= 15 is 0 Å². The zero-order valence-electron chi connectivity index (χ0n) is 12.1. The van der Waals surface area contributed by atoms with Gasteiger partial charge in [-0.05, 0) is 43.9 Å². The third-order valence-corrected chi connectivity index (χ3v) is 6.00. The molecule has 6 nitrogen and oxygen atoms in total. The van der Waals surface area contributed by atoms with Crippen LogP contribution in [0.5, 0.6) is 0 Å². The lowest BCUT2D eigenvalue weighted by Gasteiger charge is -2.39. The molecule has 0 unspecified atom stereocenters. The second-order valence-corrected chi connectivity index (χ2v) is 7.10. The van der Waals surface area contributed by atoms with Crippen molar-refractivity contribution in [2.45, 2.75) is 44.1 Å². The van der Waals surface area contributed by atoms with E-state index in [1.165, 1.54) is 19.3 Å². The molecule has 3 atom stereocenters. The highest BCUT2D eigenvalue weighted by Gasteiger charge is 2.50. The van der Waals surface area contributed by atoms with Crippen LogP contribution in [0.15, 0.2) is 0 Å². The quantitative estimate of drug-likeness (QED) is 0.695. The summed E-state index contributed by atoms with van der Waals surface area (Å²) in [6.45, 7) is 1.14. The lowest BCUT2D eigenvalue weighted by molar-refractivity contribution is -0.140. The van der Waals surface area contributed by atoms with Gasteiger partial charge in [0.1, 0.15) is 5.54 Å². The minimum absolute atomic E-state index is 0.213. The van der Waals surface area contributed by atoms with Gasteiger partial charge in [0.25, 0.3) is 5.91 Å². The van der Waals surface area contributed by atoms with E-state index < -0.39 is 11.6 Å². The SMILES string of the molecule is O=C1NC(=O)C2(CCN(C(=O)[C@H]3C[C@@H]4CC[C@@H]3C4)CC2)N1. The number of nitrogens with zero attached hydrogens (tertiary/aromatic N) is 1. The third kappa shape index (κ3) is 1.95. The van der Waals surface area contributed by atoms with Crippen LogP contribution in [-0.4, -0.2) is 41.4 Å². The van der Waals surface area contributed by atoms with E-state index in [9.17, 15) is 14.4 Å². The molecule has 2 saturated heterocycles. The Balaban J connectivity index is 1.40. The number of hydrogen-bond acceptors (Lipinski definition) is 3. The van der Waals surface area contributed by atoms with E-state index in [2.05, 4.69) is 10.6 Å². The maximum Gasteiger partial charge on any atom is 0.322 e. The van der Waals surface area contributed by atoms with Gasteiger partial charge in [-0.15, -0.1) is 0 Å². The van der Waals surface area contributed by atoms with Gasteiger partial charge in [0.05, 0.1) is 0 Å². The van der Waals surface area contributed by atoms with E-state index in [1.807, 2.05) is 4.90 Å². The Kier molecular flexibility index (Phi) is 2.78. The van der Waals surface area contributed by atoms with Crippen LogP contribution in [0.3, 0.4) is 0 Å². The molecule has 2 bridgehead atoms. The Morgan fingerprint density at radius 1 is 1.14 bits per heavy atom. The van der Waals surface area contributed by atoms with Crippen molar-refractivity contribution in [2.75, 3.05) is 13.1 Å². The lowest BCUT2D eigenvalue weighted by atomic mass is 9.84. The number of carbonyl (C=O) groups excluding carboxylic acids is 3. The summed E-state index contributed by atoms with van der Waals surface area (Å²) >= 11 is 0. The smallest absolute Gasteiger partial charge is 0.322 e. The highest BCUT2D eigenvalue weighted by molar-refractivity contribution is 6.07. The first kappa shape index (κ1) is 13.1. The van der Waals surface area contributed by atoms with Crippen LogP contribution in [0.4, 0.5) is 4.79 Å². The van der Waals surface area contributed by atoms with Crippen LogP contribution in [0.25, 0.3) is 0 Å². The van der Waals surface area contributed by atoms with E-state index in [0.29, 0.717) is 31.8 Å². The molecule has 0 aromatic heterocycles. The monoisotopic (exact) mass is 291 g/mol. The first-order valence-corrected chi connectivity index (χ1v) is 8.00. The molecule has 2 saturated carbocycles. The van der Waals surface area contributed by atoms with Crippen molar-refractivity contribution >= 4 is 17.8 Å². The topological polar surface area (TPSA) is 78.5 Å². The molecule has 2 aliphatic heterocycles. The van der Waals surface area contributed by atoms with Crippen LogP contribution in [-0.2, 0) is 9.59 Å². The van der Waals surface area contributed by atoms with Crippen LogP contribution in [0.2, 0.25) is 0 Å². The minimum atomic E-state index is -0.775. The first-order valence-electron chi connectivity index (χ1n) is 8.00.